The number of aromatic nitrogens is 3. The van der Waals surface area contributed by atoms with Crippen LogP contribution in [0.2, 0.25) is 0 Å². The quantitative estimate of drug-likeness (QED) is 0.661. The number of ether oxygens (including phenoxy) is 2. The fourth-order valence-corrected chi connectivity index (χ4v) is 5.38. The highest BCUT2D eigenvalue weighted by Crippen LogP contribution is 2.31. The number of hydrogen-bond donors (Lipinski definition) is 2. The van der Waals surface area contributed by atoms with Gasteiger partial charge in [-0.2, -0.15) is 5.10 Å². The lowest BCUT2D eigenvalue weighted by molar-refractivity contribution is -0.151. The predicted octanol–water partition coefficient (Wildman–Crippen LogP) is 2.85. The van der Waals surface area contributed by atoms with Gasteiger partial charge in [0.2, 0.25) is 0 Å². The van der Waals surface area contributed by atoms with Gasteiger partial charge < -0.3 is 25.4 Å². The largest absolute Gasteiger partial charge is 0.383 e. The number of amides is 2. The zero-order valence-corrected chi connectivity index (χ0v) is 19.7. The summed E-state index contributed by atoms with van der Waals surface area (Å²) in [4.78, 5) is 32.4. The molecule has 3 aliphatic heterocycles. The van der Waals surface area contributed by atoms with Crippen LogP contribution in [0.15, 0.2) is 12.4 Å². The second-order valence-electron chi connectivity index (χ2n) is 9.82. The fourth-order valence-electron chi connectivity index (χ4n) is 5.38. The van der Waals surface area contributed by atoms with Crippen LogP contribution < -0.4 is 11.1 Å². The number of anilines is 2. The van der Waals surface area contributed by atoms with Gasteiger partial charge in [0.15, 0.2) is 0 Å². The standard InChI is InChI=1S/C24H34N6O4/c1-15-8-9-18(19-6-2-4-10-33-19)29(13-15)24(32)23(31)27-17-12-26-22(25)16-14-30(28-21(16)17)20-7-3-5-11-34-20/h12,14-15,18-20H,2-11,13H2,1H3,(H2,25,26)(H,27,31)/t15-,18+,19?,20?/m0/s1. The summed E-state index contributed by atoms with van der Waals surface area (Å²) in [5.74, 6) is -0.564. The van der Waals surface area contributed by atoms with Gasteiger partial charge in [-0.3, -0.25) is 9.59 Å². The molecule has 2 aromatic heterocycles. The average molecular weight is 471 g/mol. The summed E-state index contributed by atoms with van der Waals surface area (Å²) in [7, 11) is 0. The molecule has 2 unspecified atom stereocenters. The third-order valence-electron chi connectivity index (χ3n) is 7.26. The number of pyridine rings is 1. The minimum absolute atomic E-state index is 0.00547. The average Bonchev–Trinajstić information content (AvgIpc) is 3.33. The molecule has 3 N–H and O–H groups in total. The van der Waals surface area contributed by atoms with Crippen molar-refractivity contribution in [3.8, 4) is 0 Å². The zero-order valence-electron chi connectivity index (χ0n) is 19.7. The van der Waals surface area contributed by atoms with Gasteiger partial charge >= 0.3 is 11.8 Å². The Hall–Kier alpha value is -2.72. The summed E-state index contributed by atoms with van der Waals surface area (Å²) in [6.45, 7) is 4.07. The van der Waals surface area contributed by atoms with Crippen molar-refractivity contribution in [1.29, 1.82) is 0 Å². The van der Waals surface area contributed by atoms with Crippen molar-refractivity contribution in [3.63, 3.8) is 0 Å². The number of nitrogens with zero attached hydrogens (tertiary/aromatic N) is 4. The molecular weight excluding hydrogens is 436 g/mol. The molecule has 4 atom stereocenters. The molecule has 3 fully saturated rings. The van der Waals surface area contributed by atoms with Gasteiger partial charge in [0.1, 0.15) is 17.6 Å². The van der Waals surface area contributed by atoms with E-state index < -0.39 is 11.8 Å². The van der Waals surface area contributed by atoms with Crippen LogP contribution in [0.4, 0.5) is 11.5 Å². The normalized spacial score (nSPS) is 28.1. The Balaban J connectivity index is 1.36. The molecule has 0 aromatic carbocycles. The molecule has 0 spiro atoms. The van der Waals surface area contributed by atoms with Gasteiger partial charge in [-0.15, -0.1) is 0 Å². The highest BCUT2D eigenvalue weighted by molar-refractivity contribution is 6.40. The number of nitrogens with one attached hydrogen (secondary N) is 1. The topological polar surface area (TPSA) is 125 Å². The minimum atomic E-state index is -0.689. The molecule has 5 rings (SSSR count). The van der Waals surface area contributed by atoms with E-state index >= 15 is 0 Å². The molecule has 10 heteroatoms. The summed E-state index contributed by atoms with van der Waals surface area (Å²) in [6.07, 6.45) is 11.0. The Morgan fingerprint density at radius 2 is 1.88 bits per heavy atom. The Labute approximate surface area is 199 Å². The first-order valence-corrected chi connectivity index (χ1v) is 12.5. The summed E-state index contributed by atoms with van der Waals surface area (Å²) >= 11 is 0. The van der Waals surface area contributed by atoms with Crippen molar-refractivity contribution in [1.82, 2.24) is 19.7 Å². The molecule has 3 saturated heterocycles. The van der Waals surface area contributed by atoms with Crippen molar-refractivity contribution < 1.29 is 19.1 Å². The second kappa shape index (κ2) is 9.87. The number of nitrogens with two attached hydrogens (primary N) is 1. The molecule has 0 bridgehead atoms. The first-order chi connectivity index (χ1) is 16.5. The van der Waals surface area contributed by atoms with Gasteiger partial charge in [0.25, 0.3) is 0 Å². The number of rotatable bonds is 3. The van der Waals surface area contributed by atoms with Gasteiger partial charge in [-0.1, -0.05) is 6.92 Å². The Bertz CT molecular complexity index is 1040. The second-order valence-corrected chi connectivity index (χ2v) is 9.82. The van der Waals surface area contributed by atoms with E-state index in [-0.39, 0.29) is 18.4 Å². The lowest BCUT2D eigenvalue weighted by atomic mass is 9.88. The first-order valence-electron chi connectivity index (χ1n) is 12.5. The van der Waals surface area contributed by atoms with Crippen molar-refractivity contribution in [2.24, 2.45) is 5.92 Å². The number of nitrogen functional groups attached to an aromatic ring is 1. The van der Waals surface area contributed by atoms with Crippen LogP contribution in [0.3, 0.4) is 0 Å². The number of likely N-dealkylation sites (tertiary alicyclic amines) is 1. The fraction of sp³-hybridized carbons (Fsp3) is 0.667. The van der Waals surface area contributed by atoms with Crippen LogP contribution in [0.1, 0.15) is 64.5 Å². The van der Waals surface area contributed by atoms with E-state index in [9.17, 15) is 9.59 Å². The minimum Gasteiger partial charge on any atom is -0.383 e. The molecule has 10 nitrogen and oxygen atoms in total. The third-order valence-corrected chi connectivity index (χ3v) is 7.26. The first kappa shape index (κ1) is 23.0. The smallest absolute Gasteiger partial charge is 0.314 e. The van der Waals surface area contributed by atoms with Crippen molar-refractivity contribution in [2.75, 3.05) is 30.8 Å². The SMILES string of the molecule is C[C@H]1CC[C@H](C2CCCCO2)N(C(=O)C(=O)Nc2cnc(N)c3cn(C4CCCCO4)nc23)C1. The van der Waals surface area contributed by atoms with Gasteiger partial charge in [-0.25, -0.2) is 9.67 Å². The van der Waals surface area contributed by atoms with Crippen LogP contribution >= 0.6 is 0 Å². The molecule has 5 heterocycles. The zero-order chi connectivity index (χ0) is 23.7. The summed E-state index contributed by atoms with van der Waals surface area (Å²) < 4.78 is 13.6. The number of carbonyl (C=O) groups is 2. The number of fused-ring (bicyclic) bond motifs is 1. The number of hydrogen-bond acceptors (Lipinski definition) is 7. The Morgan fingerprint density at radius 3 is 2.62 bits per heavy atom. The Morgan fingerprint density at radius 1 is 1.09 bits per heavy atom. The van der Waals surface area contributed by atoms with Crippen LogP contribution in [-0.4, -0.2) is 63.4 Å². The van der Waals surface area contributed by atoms with Crippen molar-refractivity contribution in [3.05, 3.63) is 12.4 Å². The highest BCUT2D eigenvalue weighted by Gasteiger charge is 2.38. The van der Waals surface area contributed by atoms with Gasteiger partial charge in [0, 0.05) is 26.0 Å². The van der Waals surface area contributed by atoms with Crippen LogP contribution in [0, 0.1) is 5.92 Å². The lowest BCUT2D eigenvalue weighted by Crippen LogP contribution is -2.55. The van der Waals surface area contributed by atoms with E-state index in [1.807, 2.05) is 0 Å². The molecular formula is C24H34N6O4. The van der Waals surface area contributed by atoms with Crippen LogP contribution in [-0.2, 0) is 19.1 Å². The highest BCUT2D eigenvalue weighted by atomic mass is 16.5. The van der Waals surface area contributed by atoms with E-state index in [0.29, 0.717) is 48.1 Å². The van der Waals surface area contributed by atoms with E-state index in [1.54, 1.807) is 15.8 Å². The third kappa shape index (κ3) is 4.61. The van der Waals surface area contributed by atoms with Crippen LogP contribution in [0.5, 0.6) is 0 Å². The van der Waals surface area contributed by atoms with Crippen molar-refractivity contribution >= 4 is 34.2 Å². The molecule has 2 aromatic rings. The maximum Gasteiger partial charge on any atom is 0.314 e. The summed E-state index contributed by atoms with van der Waals surface area (Å²) in [6, 6.07) is -0.0676. The maximum atomic E-state index is 13.3. The summed E-state index contributed by atoms with van der Waals surface area (Å²) in [5.41, 5.74) is 6.95. The maximum absolute atomic E-state index is 13.3. The lowest BCUT2D eigenvalue weighted by Gasteiger charge is -2.43. The van der Waals surface area contributed by atoms with E-state index in [4.69, 9.17) is 15.2 Å². The molecule has 0 saturated carbocycles. The summed E-state index contributed by atoms with van der Waals surface area (Å²) in [5, 5.41) is 8.02. The van der Waals surface area contributed by atoms with Gasteiger partial charge in [0.05, 0.1) is 29.4 Å². The molecule has 0 radical (unpaired) electrons. The molecule has 184 valence electrons. The van der Waals surface area contributed by atoms with Crippen molar-refractivity contribution in [2.45, 2.75) is 76.7 Å². The molecule has 2 amide bonds. The number of carbonyl (C=O) groups excluding carboxylic acids is 2. The molecule has 34 heavy (non-hydrogen) atoms. The monoisotopic (exact) mass is 470 g/mol. The van der Waals surface area contributed by atoms with Gasteiger partial charge in [-0.05, 0) is 57.3 Å². The molecule has 0 aliphatic carbocycles. The predicted molar refractivity (Wildman–Crippen MR) is 127 cm³/mol. The number of piperidine rings is 1. The van der Waals surface area contributed by atoms with E-state index in [0.717, 1.165) is 51.4 Å². The van der Waals surface area contributed by atoms with Crippen LogP contribution in [0.25, 0.3) is 10.9 Å². The van der Waals surface area contributed by atoms with E-state index in [1.165, 1.54) is 6.20 Å². The Kier molecular flexibility index (Phi) is 6.69. The molecule has 3 aliphatic rings. The van der Waals surface area contributed by atoms with E-state index in [2.05, 4.69) is 22.3 Å².